The molecule has 0 saturated heterocycles. The number of hydrogen-bond acceptors (Lipinski definition) is 5. The maximum atomic E-state index is 9.31. The van der Waals surface area contributed by atoms with Crippen molar-refractivity contribution in [1.82, 2.24) is 15.3 Å². The molecule has 5 nitrogen and oxygen atoms in total. The molecule has 110 valence electrons. The van der Waals surface area contributed by atoms with E-state index in [9.17, 15) is 5.26 Å². The SMILES string of the molecule is CNC1(C#N)CCC(Sc2nc3ccc(OC)cc3[nH]2)C1. The molecule has 0 spiro atoms. The van der Waals surface area contributed by atoms with Crippen LogP contribution in [0.15, 0.2) is 23.4 Å². The highest BCUT2D eigenvalue weighted by Gasteiger charge is 2.38. The molecule has 0 aliphatic heterocycles. The molecule has 0 amide bonds. The molecule has 3 rings (SSSR count). The number of aromatic amines is 1. The first-order chi connectivity index (χ1) is 10.2. The Bertz CT molecular complexity index is 693. The van der Waals surface area contributed by atoms with Crippen molar-refractivity contribution in [2.45, 2.75) is 35.2 Å². The molecule has 2 aromatic rings. The second-order valence-electron chi connectivity index (χ2n) is 5.35. The average molecular weight is 302 g/mol. The third-order valence-corrected chi connectivity index (χ3v) is 5.26. The number of ether oxygens (including phenoxy) is 1. The van der Waals surface area contributed by atoms with Crippen LogP contribution in [0.4, 0.5) is 0 Å². The lowest BCUT2D eigenvalue weighted by Crippen LogP contribution is -2.38. The van der Waals surface area contributed by atoms with Crippen molar-refractivity contribution in [3.8, 4) is 11.8 Å². The summed E-state index contributed by atoms with van der Waals surface area (Å²) in [5.41, 5.74) is 1.55. The number of fused-ring (bicyclic) bond motifs is 1. The largest absolute Gasteiger partial charge is 0.497 e. The Kier molecular flexibility index (Phi) is 3.79. The topological polar surface area (TPSA) is 73.7 Å². The Labute approximate surface area is 128 Å². The van der Waals surface area contributed by atoms with Crippen LogP contribution in [-0.4, -0.2) is 34.9 Å². The number of hydrogen-bond donors (Lipinski definition) is 2. The van der Waals surface area contributed by atoms with Gasteiger partial charge in [0.25, 0.3) is 0 Å². The maximum Gasteiger partial charge on any atom is 0.166 e. The van der Waals surface area contributed by atoms with Crippen LogP contribution in [0.25, 0.3) is 11.0 Å². The predicted molar refractivity (Wildman–Crippen MR) is 83.5 cm³/mol. The molecule has 21 heavy (non-hydrogen) atoms. The molecule has 1 aromatic heterocycles. The molecule has 6 heteroatoms. The van der Waals surface area contributed by atoms with Crippen LogP contribution in [0.1, 0.15) is 19.3 Å². The summed E-state index contributed by atoms with van der Waals surface area (Å²) < 4.78 is 5.22. The predicted octanol–water partition coefficient (Wildman–Crippen LogP) is 2.70. The number of benzene rings is 1. The molecule has 2 N–H and O–H groups in total. The van der Waals surface area contributed by atoms with E-state index in [4.69, 9.17) is 4.74 Å². The van der Waals surface area contributed by atoms with Gasteiger partial charge >= 0.3 is 0 Å². The Morgan fingerprint density at radius 3 is 3.10 bits per heavy atom. The minimum absolute atomic E-state index is 0.368. The number of methoxy groups -OCH3 is 1. The molecule has 2 unspecified atom stereocenters. The molecule has 1 heterocycles. The van der Waals surface area contributed by atoms with Gasteiger partial charge in [0.05, 0.1) is 24.2 Å². The number of nitrogens with zero attached hydrogens (tertiary/aromatic N) is 2. The number of nitriles is 1. The Morgan fingerprint density at radius 1 is 1.57 bits per heavy atom. The van der Waals surface area contributed by atoms with E-state index in [1.807, 2.05) is 25.2 Å². The van der Waals surface area contributed by atoms with E-state index in [2.05, 4.69) is 21.4 Å². The van der Waals surface area contributed by atoms with Gasteiger partial charge in [0.15, 0.2) is 5.16 Å². The first kappa shape index (κ1) is 14.2. The third kappa shape index (κ3) is 2.71. The van der Waals surface area contributed by atoms with Crippen LogP contribution in [0.5, 0.6) is 5.75 Å². The van der Waals surface area contributed by atoms with E-state index < -0.39 is 0 Å². The van der Waals surface area contributed by atoms with Gasteiger partial charge in [0, 0.05) is 11.3 Å². The van der Waals surface area contributed by atoms with Crippen LogP contribution < -0.4 is 10.1 Å². The monoisotopic (exact) mass is 302 g/mol. The van der Waals surface area contributed by atoms with Crippen molar-refractivity contribution >= 4 is 22.8 Å². The zero-order valence-electron chi connectivity index (χ0n) is 12.1. The second-order valence-corrected chi connectivity index (χ2v) is 6.64. The van der Waals surface area contributed by atoms with Crippen molar-refractivity contribution in [2.24, 2.45) is 0 Å². The van der Waals surface area contributed by atoms with Crippen LogP contribution in [0.2, 0.25) is 0 Å². The summed E-state index contributed by atoms with van der Waals surface area (Å²) in [5.74, 6) is 0.822. The number of H-pyrrole nitrogens is 1. The Hall–Kier alpha value is -1.71. The maximum absolute atomic E-state index is 9.31. The van der Waals surface area contributed by atoms with E-state index in [0.29, 0.717) is 5.25 Å². The summed E-state index contributed by atoms with van der Waals surface area (Å²) in [5, 5.41) is 13.8. The van der Waals surface area contributed by atoms with Gasteiger partial charge < -0.3 is 15.0 Å². The van der Waals surface area contributed by atoms with Gasteiger partial charge in [-0.25, -0.2) is 4.98 Å². The van der Waals surface area contributed by atoms with E-state index in [0.717, 1.165) is 41.2 Å². The molecule has 1 aliphatic rings. The summed E-state index contributed by atoms with van der Waals surface area (Å²) in [7, 11) is 3.52. The zero-order valence-corrected chi connectivity index (χ0v) is 13.0. The van der Waals surface area contributed by atoms with Crippen molar-refractivity contribution in [1.29, 1.82) is 5.26 Å². The van der Waals surface area contributed by atoms with E-state index in [1.165, 1.54) is 0 Å². The molecule has 1 saturated carbocycles. The smallest absolute Gasteiger partial charge is 0.166 e. The zero-order chi connectivity index (χ0) is 14.9. The fraction of sp³-hybridized carbons (Fsp3) is 0.467. The lowest BCUT2D eigenvalue weighted by Gasteiger charge is -2.19. The summed E-state index contributed by atoms with van der Waals surface area (Å²) >= 11 is 1.72. The highest BCUT2D eigenvalue weighted by atomic mass is 32.2. The van der Waals surface area contributed by atoms with Crippen LogP contribution >= 0.6 is 11.8 Å². The first-order valence-electron chi connectivity index (χ1n) is 6.98. The molecule has 0 radical (unpaired) electrons. The normalized spacial score (nSPS) is 25.1. The van der Waals surface area contributed by atoms with E-state index >= 15 is 0 Å². The summed E-state index contributed by atoms with van der Waals surface area (Å²) in [6.07, 6.45) is 2.77. The van der Waals surface area contributed by atoms with Crippen LogP contribution in [0.3, 0.4) is 0 Å². The number of aromatic nitrogens is 2. The minimum Gasteiger partial charge on any atom is -0.497 e. The van der Waals surface area contributed by atoms with Gasteiger partial charge in [-0.3, -0.25) is 0 Å². The quantitative estimate of drug-likeness (QED) is 0.908. The van der Waals surface area contributed by atoms with Gasteiger partial charge in [-0.15, -0.1) is 0 Å². The second kappa shape index (κ2) is 5.58. The summed E-state index contributed by atoms with van der Waals surface area (Å²) in [6, 6.07) is 8.23. The molecule has 1 aliphatic carbocycles. The van der Waals surface area contributed by atoms with E-state index in [-0.39, 0.29) is 5.54 Å². The average Bonchev–Trinajstić information content (AvgIpc) is 3.10. The Morgan fingerprint density at radius 2 is 2.43 bits per heavy atom. The standard InChI is InChI=1S/C15H18N4OS/c1-17-15(9-16)6-5-11(8-15)21-14-18-12-4-3-10(20-2)7-13(12)19-14/h3-4,7,11,17H,5-6,8H2,1-2H3,(H,18,19). The summed E-state index contributed by atoms with van der Waals surface area (Å²) in [4.78, 5) is 7.93. The van der Waals surface area contributed by atoms with Gasteiger partial charge in [-0.2, -0.15) is 5.26 Å². The highest BCUT2D eigenvalue weighted by Crippen LogP contribution is 2.39. The third-order valence-electron chi connectivity index (χ3n) is 4.11. The fourth-order valence-electron chi connectivity index (χ4n) is 2.79. The van der Waals surface area contributed by atoms with Crippen LogP contribution in [0, 0.1) is 11.3 Å². The van der Waals surface area contributed by atoms with Gasteiger partial charge in [0.1, 0.15) is 11.3 Å². The number of imidazole rings is 1. The fourth-order valence-corrected chi connectivity index (χ4v) is 4.03. The highest BCUT2D eigenvalue weighted by molar-refractivity contribution is 7.99. The van der Waals surface area contributed by atoms with Crippen molar-refractivity contribution in [3.63, 3.8) is 0 Å². The minimum atomic E-state index is -0.368. The molecular formula is C15H18N4OS. The van der Waals surface area contributed by atoms with Gasteiger partial charge in [-0.1, -0.05) is 11.8 Å². The Balaban J connectivity index is 1.76. The molecule has 2 atom stereocenters. The van der Waals surface area contributed by atoms with Crippen LogP contribution in [-0.2, 0) is 0 Å². The van der Waals surface area contributed by atoms with Gasteiger partial charge in [-0.05, 0) is 38.4 Å². The lowest BCUT2D eigenvalue weighted by atomic mass is 10.0. The van der Waals surface area contributed by atoms with Crippen molar-refractivity contribution in [2.75, 3.05) is 14.2 Å². The number of nitrogens with one attached hydrogen (secondary N) is 2. The first-order valence-corrected chi connectivity index (χ1v) is 7.86. The van der Waals surface area contributed by atoms with Crippen molar-refractivity contribution in [3.05, 3.63) is 18.2 Å². The number of thioether (sulfide) groups is 1. The molecular weight excluding hydrogens is 284 g/mol. The lowest BCUT2D eigenvalue weighted by molar-refractivity contribution is 0.415. The van der Waals surface area contributed by atoms with Crippen molar-refractivity contribution < 1.29 is 4.74 Å². The molecule has 1 fully saturated rings. The molecule has 1 aromatic carbocycles. The van der Waals surface area contributed by atoms with Gasteiger partial charge in [0.2, 0.25) is 0 Å². The number of rotatable bonds is 4. The van der Waals surface area contributed by atoms with E-state index in [1.54, 1.807) is 18.9 Å². The summed E-state index contributed by atoms with van der Waals surface area (Å²) in [6.45, 7) is 0. The molecule has 0 bridgehead atoms.